The lowest BCUT2D eigenvalue weighted by Crippen LogP contribution is -1.87. The van der Waals surface area contributed by atoms with E-state index in [1.54, 1.807) is 0 Å². The zero-order valence-corrected chi connectivity index (χ0v) is 10.8. The van der Waals surface area contributed by atoms with Crippen LogP contribution in [0, 0.1) is 0 Å². The maximum atomic E-state index is 10.2. The van der Waals surface area contributed by atoms with E-state index < -0.39 is 0 Å². The molecule has 0 bridgehead atoms. The molecular formula is C18H14O2. The van der Waals surface area contributed by atoms with Gasteiger partial charge in [-0.15, -0.1) is 0 Å². The lowest BCUT2D eigenvalue weighted by atomic mass is 9.93. The van der Waals surface area contributed by atoms with Crippen LogP contribution in [0.2, 0.25) is 0 Å². The number of phenols is 2. The number of hydrogen-bond acceptors (Lipinski definition) is 2. The molecule has 3 aromatic carbocycles. The summed E-state index contributed by atoms with van der Waals surface area (Å²) in [6.07, 6.45) is 0. The summed E-state index contributed by atoms with van der Waals surface area (Å²) >= 11 is 0. The Morgan fingerprint density at radius 2 is 0.800 bits per heavy atom. The standard InChI is InChI=1S/C18H14O2/c19-15-11-12-16(20)18(14-9-5-2-6-10-14)17(15)13-7-3-1-4-8-13/h1-12,19-20H. The predicted octanol–water partition coefficient (Wildman–Crippen LogP) is 4.43. The van der Waals surface area contributed by atoms with Crippen LogP contribution in [0.1, 0.15) is 0 Å². The van der Waals surface area contributed by atoms with Gasteiger partial charge in [0.1, 0.15) is 11.5 Å². The number of phenolic OH excluding ortho intramolecular Hbond substituents is 2. The second-order valence-corrected chi connectivity index (χ2v) is 4.59. The largest absolute Gasteiger partial charge is 0.507 e. The molecule has 0 unspecified atom stereocenters. The number of aromatic hydroxyl groups is 2. The highest BCUT2D eigenvalue weighted by Crippen LogP contribution is 2.43. The van der Waals surface area contributed by atoms with Gasteiger partial charge in [0.2, 0.25) is 0 Å². The van der Waals surface area contributed by atoms with E-state index in [2.05, 4.69) is 0 Å². The molecule has 2 N–H and O–H groups in total. The molecule has 2 heteroatoms. The Hall–Kier alpha value is -2.74. The van der Waals surface area contributed by atoms with Gasteiger partial charge in [0, 0.05) is 11.1 Å². The topological polar surface area (TPSA) is 40.5 Å². The zero-order chi connectivity index (χ0) is 13.9. The van der Waals surface area contributed by atoms with Crippen LogP contribution in [0.4, 0.5) is 0 Å². The summed E-state index contributed by atoms with van der Waals surface area (Å²) in [6, 6.07) is 22.2. The molecule has 98 valence electrons. The Labute approximate surface area is 117 Å². The first-order chi connectivity index (χ1) is 9.77. The minimum Gasteiger partial charge on any atom is -0.507 e. The van der Waals surface area contributed by atoms with Gasteiger partial charge in [-0.25, -0.2) is 0 Å². The average molecular weight is 262 g/mol. The second-order valence-electron chi connectivity index (χ2n) is 4.59. The van der Waals surface area contributed by atoms with Crippen molar-refractivity contribution in [1.82, 2.24) is 0 Å². The summed E-state index contributed by atoms with van der Waals surface area (Å²) in [5.41, 5.74) is 3.05. The average Bonchev–Trinajstić information content (AvgIpc) is 2.51. The summed E-state index contributed by atoms with van der Waals surface area (Å²) in [7, 11) is 0. The molecule has 0 aromatic heterocycles. The third-order valence-corrected chi connectivity index (χ3v) is 3.29. The Morgan fingerprint density at radius 1 is 0.450 bits per heavy atom. The van der Waals surface area contributed by atoms with Crippen LogP contribution in [0.5, 0.6) is 11.5 Å². The van der Waals surface area contributed by atoms with E-state index in [9.17, 15) is 10.2 Å². The molecule has 0 heterocycles. The highest BCUT2D eigenvalue weighted by molar-refractivity contribution is 5.90. The predicted molar refractivity (Wildman–Crippen MR) is 80.6 cm³/mol. The summed E-state index contributed by atoms with van der Waals surface area (Å²) in [4.78, 5) is 0. The van der Waals surface area contributed by atoms with Crippen molar-refractivity contribution in [2.24, 2.45) is 0 Å². The van der Waals surface area contributed by atoms with Gasteiger partial charge in [-0.3, -0.25) is 0 Å². The lowest BCUT2D eigenvalue weighted by molar-refractivity contribution is 0.463. The van der Waals surface area contributed by atoms with Crippen molar-refractivity contribution in [3.05, 3.63) is 72.8 Å². The fourth-order valence-corrected chi connectivity index (χ4v) is 2.37. The summed E-state index contributed by atoms with van der Waals surface area (Å²) in [5.74, 6) is 0.320. The van der Waals surface area contributed by atoms with Gasteiger partial charge in [0.15, 0.2) is 0 Å². The third kappa shape index (κ3) is 2.12. The first-order valence-electron chi connectivity index (χ1n) is 6.43. The van der Waals surface area contributed by atoms with Crippen molar-refractivity contribution in [2.75, 3.05) is 0 Å². The molecule has 3 aromatic rings. The molecule has 0 spiro atoms. The molecule has 0 amide bonds. The van der Waals surface area contributed by atoms with Crippen molar-refractivity contribution in [3.8, 4) is 33.8 Å². The van der Waals surface area contributed by atoms with Crippen LogP contribution >= 0.6 is 0 Å². The van der Waals surface area contributed by atoms with Crippen molar-refractivity contribution in [2.45, 2.75) is 0 Å². The van der Waals surface area contributed by atoms with Gasteiger partial charge in [-0.1, -0.05) is 60.7 Å². The molecule has 0 radical (unpaired) electrons. The molecule has 0 fully saturated rings. The van der Waals surface area contributed by atoms with Crippen LogP contribution < -0.4 is 0 Å². The molecule has 20 heavy (non-hydrogen) atoms. The third-order valence-electron chi connectivity index (χ3n) is 3.29. The van der Waals surface area contributed by atoms with Crippen LogP contribution in [-0.4, -0.2) is 10.2 Å². The Kier molecular flexibility index (Phi) is 3.13. The zero-order valence-electron chi connectivity index (χ0n) is 10.8. The van der Waals surface area contributed by atoms with Crippen molar-refractivity contribution in [1.29, 1.82) is 0 Å². The SMILES string of the molecule is Oc1ccc(O)c(-c2ccccc2)c1-c1ccccc1. The summed E-state index contributed by atoms with van der Waals surface area (Å²) < 4.78 is 0. The van der Waals surface area contributed by atoms with Crippen molar-refractivity contribution < 1.29 is 10.2 Å². The van der Waals surface area contributed by atoms with E-state index in [0.29, 0.717) is 11.1 Å². The van der Waals surface area contributed by atoms with Gasteiger partial charge in [0.05, 0.1) is 0 Å². The maximum Gasteiger partial charge on any atom is 0.124 e. The molecule has 0 aliphatic rings. The summed E-state index contributed by atoms with van der Waals surface area (Å²) in [6.45, 7) is 0. The Balaban J connectivity index is 2.32. The lowest BCUT2D eigenvalue weighted by Gasteiger charge is -2.14. The van der Waals surface area contributed by atoms with Crippen LogP contribution in [0.25, 0.3) is 22.3 Å². The van der Waals surface area contributed by atoms with E-state index in [1.165, 1.54) is 12.1 Å². The monoisotopic (exact) mass is 262 g/mol. The van der Waals surface area contributed by atoms with E-state index in [-0.39, 0.29) is 11.5 Å². The van der Waals surface area contributed by atoms with Gasteiger partial charge in [-0.05, 0) is 23.3 Å². The molecule has 2 nitrogen and oxygen atoms in total. The smallest absolute Gasteiger partial charge is 0.124 e. The molecular weight excluding hydrogens is 248 g/mol. The van der Waals surface area contributed by atoms with Crippen LogP contribution in [-0.2, 0) is 0 Å². The molecule has 0 aliphatic carbocycles. The maximum absolute atomic E-state index is 10.2. The molecule has 3 rings (SSSR count). The molecule has 0 saturated heterocycles. The first kappa shape index (κ1) is 12.3. The van der Waals surface area contributed by atoms with Gasteiger partial charge in [0.25, 0.3) is 0 Å². The van der Waals surface area contributed by atoms with Gasteiger partial charge < -0.3 is 10.2 Å². The van der Waals surface area contributed by atoms with Crippen molar-refractivity contribution >= 4 is 0 Å². The minimum absolute atomic E-state index is 0.160. The van der Waals surface area contributed by atoms with Gasteiger partial charge >= 0.3 is 0 Å². The quantitative estimate of drug-likeness (QED) is 0.671. The van der Waals surface area contributed by atoms with E-state index in [4.69, 9.17) is 0 Å². The van der Waals surface area contributed by atoms with E-state index in [0.717, 1.165) is 11.1 Å². The van der Waals surface area contributed by atoms with Crippen molar-refractivity contribution in [3.63, 3.8) is 0 Å². The highest BCUT2D eigenvalue weighted by Gasteiger charge is 2.15. The number of hydrogen-bond donors (Lipinski definition) is 2. The minimum atomic E-state index is 0.160. The van der Waals surface area contributed by atoms with E-state index in [1.807, 2.05) is 60.7 Å². The molecule has 0 saturated carbocycles. The summed E-state index contributed by atoms with van der Waals surface area (Å²) in [5, 5.41) is 20.4. The molecule has 0 atom stereocenters. The number of rotatable bonds is 2. The second kappa shape index (κ2) is 5.10. The fraction of sp³-hybridized carbons (Fsp3) is 0. The fourth-order valence-electron chi connectivity index (χ4n) is 2.37. The van der Waals surface area contributed by atoms with E-state index >= 15 is 0 Å². The van der Waals surface area contributed by atoms with Crippen LogP contribution in [0.15, 0.2) is 72.8 Å². The van der Waals surface area contributed by atoms with Gasteiger partial charge in [-0.2, -0.15) is 0 Å². The van der Waals surface area contributed by atoms with Crippen LogP contribution in [0.3, 0.4) is 0 Å². The Morgan fingerprint density at radius 3 is 1.15 bits per heavy atom. The highest BCUT2D eigenvalue weighted by atomic mass is 16.3. The Bertz CT molecular complexity index is 655. The number of benzene rings is 3. The normalized spacial score (nSPS) is 10.4. The first-order valence-corrected chi connectivity index (χ1v) is 6.43. The molecule has 0 aliphatic heterocycles.